The summed E-state index contributed by atoms with van der Waals surface area (Å²) in [5.74, 6) is 1.31. The average molecular weight is 417 g/mol. The second-order valence-corrected chi connectivity index (χ2v) is 5.55. The summed E-state index contributed by atoms with van der Waals surface area (Å²) in [5, 5.41) is 6.68. The third kappa shape index (κ3) is 6.52. The molecule has 1 aromatic rings. The van der Waals surface area contributed by atoms with Crippen LogP contribution in [-0.4, -0.2) is 38.3 Å². The Balaban J connectivity index is 0.00000242. The molecule has 2 rings (SSSR count). The number of nitrogens with one attached hydrogen (secondary N) is 2. The molecule has 1 fully saturated rings. The van der Waals surface area contributed by atoms with Crippen molar-refractivity contribution in [2.45, 2.75) is 38.7 Å². The third-order valence-electron chi connectivity index (χ3n) is 3.76. The van der Waals surface area contributed by atoms with Crippen LogP contribution in [0.3, 0.4) is 0 Å². The number of aliphatic imine (C=N–C) groups is 1. The summed E-state index contributed by atoms with van der Waals surface area (Å²) in [6, 6.07) is 10.5. The molecular formula is C17H28IN3O. The summed E-state index contributed by atoms with van der Waals surface area (Å²) in [6.45, 7) is 7.69. The molecule has 1 aliphatic rings. The van der Waals surface area contributed by atoms with Crippen LogP contribution in [0.15, 0.2) is 35.3 Å². The van der Waals surface area contributed by atoms with Crippen molar-refractivity contribution in [3.8, 4) is 0 Å². The summed E-state index contributed by atoms with van der Waals surface area (Å²) in [7, 11) is 0. The molecule has 1 saturated heterocycles. The number of guanidine groups is 1. The lowest BCUT2D eigenvalue weighted by atomic mass is 10.0. The van der Waals surface area contributed by atoms with Crippen LogP contribution in [0.2, 0.25) is 0 Å². The first-order valence-corrected chi connectivity index (χ1v) is 7.98. The highest BCUT2D eigenvalue weighted by atomic mass is 127. The van der Waals surface area contributed by atoms with E-state index >= 15 is 0 Å². The number of halogens is 1. The Hall–Kier alpha value is -0.820. The third-order valence-corrected chi connectivity index (χ3v) is 3.76. The minimum Gasteiger partial charge on any atom is -0.376 e. The number of hydrogen-bond acceptors (Lipinski definition) is 2. The van der Waals surface area contributed by atoms with E-state index < -0.39 is 0 Å². The van der Waals surface area contributed by atoms with Crippen molar-refractivity contribution < 1.29 is 4.74 Å². The van der Waals surface area contributed by atoms with E-state index in [0.717, 1.165) is 38.6 Å². The first-order valence-electron chi connectivity index (χ1n) is 7.98. The van der Waals surface area contributed by atoms with E-state index in [9.17, 15) is 0 Å². The topological polar surface area (TPSA) is 45.7 Å². The molecule has 2 atom stereocenters. The Bertz CT molecular complexity index is 433. The van der Waals surface area contributed by atoms with Gasteiger partial charge in [0.25, 0.3) is 0 Å². The second kappa shape index (κ2) is 10.8. The SMILES string of the molecule is CCNC(=NCC(C)c1ccccc1)NCC1CCCO1.I. The van der Waals surface area contributed by atoms with Crippen molar-refractivity contribution in [2.75, 3.05) is 26.2 Å². The summed E-state index contributed by atoms with van der Waals surface area (Å²) in [6.07, 6.45) is 2.65. The van der Waals surface area contributed by atoms with Crippen molar-refractivity contribution >= 4 is 29.9 Å². The van der Waals surface area contributed by atoms with Crippen molar-refractivity contribution in [3.63, 3.8) is 0 Å². The molecule has 0 aliphatic carbocycles. The van der Waals surface area contributed by atoms with E-state index in [1.54, 1.807) is 0 Å². The standard InChI is InChI=1S/C17H27N3O.HI/c1-3-18-17(20-13-16-10-7-11-21-16)19-12-14(2)15-8-5-4-6-9-15;/h4-6,8-9,14,16H,3,7,10-13H2,1-2H3,(H2,18,19,20);1H. The average Bonchev–Trinajstić information content (AvgIpc) is 3.04. The molecule has 4 nitrogen and oxygen atoms in total. The van der Waals surface area contributed by atoms with Gasteiger partial charge in [-0.25, -0.2) is 0 Å². The molecule has 1 aliphatic heterocycles. The quantitative estimate of drug-likeness (QED) is 0.425. The minimum absolute atomic E-state index is 0. The molecule has 5 heteroatoms. The molecule has 0 bridgehead atoms. The number of hydrogen-bond donors (Lipinski definition) is 2. The Morgan fingerprint density at radius 3 is 2.73 bits per heavy atom. The van der Waals surface area contributed by atoms with Gasteiger partial charge in [-0.05, 0) is 25.3 Å². The van der Waals surface area contributed by atoms with Gasteiger partial charge in [-0.2, -0.15) is 0 Å². The molecule has 0 amide bonds. The highest BCUT2D eigenvalue weighted by Gasteiger charge is 2.15. The van der Waals surface area contributed by atoms with Crippen LogP contribution in [0.25, 0.3) is 0 Å². The second-order valence-electron chi connectivity index (χ2n) is 5.55. The smallest absolute Gasteiger partial charge is 0.191 e. The van der Waals surface area contributed by atoms with E-state index in [1.807, 2.05) is 6.07 Å². The van der Waals surface area contributed by atoms with Gasteiger partial charge >= 0.3 is 0 Å². The van der Waals surface area contributed by atoms with Crippen LogP contribution in [0.4, 0.5) is 0 Å². The zero-order valence-corrected chi connectivity index (χ0v) is 15.9. The van der Waals surface area contributed by atoms with Crippen LogP contribution < -0.4 is 10.6 Å². The van der Waals surface area contributed by atoms with Gasteiger partial charge in [0.05, 0.1) is 6.10 Å². The maximum absolute atomic E-state index is 5.63. The van der Waals surface area contributed by atoms with Gasteiger partial charge in [-0.3, -0.25) is 4.99 Å². The zero-order valence-electron chi connectivity index (χ0n) is 13.5. The summed E-state index contributed by atoms with van der Waals surface area (Å²) in [4.78, 5) is 4.69. The van der Waals surface area contributed by atoms with Gasteiger partial charge in [-0.1, -0.05) is 37.3 Å². The molecule has 0 saturated carbocycles. The lowest BCUT2D eigenvalue weighted by molar-refractivity contribution is 0.114. The van der Waals surface area contributed by atoms with Crippen molar-refractivity contribution in [3.05, 3.63) is 35.9 Å². The van der Waals surface area contributed by atoms with Crippen LogP contribution in [0.1, 0.15) is 38.2 Å². The van der Waals surface area contributed by atoms with Crippen LogP contribution in [0, 0.1) is 0 Å². The Labute approximate surface area is 151 Å². The fraction of sp³-hybridized carbons (Fsp3) is 0.588. The van der Waals surface area contributed by atoms with E-state index in [2.05, 4.69) is 53.7 Å². The van der Waals surface area contributed by atoms with Gasteiger partial charge in [0.1, 0.15) is 0 Å². The molecule has 0 aromatic heterocycles. The maximum atomic E-state index is 5.63. The van der Waals surface area contributed by atoms with Crippen LogP contribution in [0.5, 0.6) is 0 Å². The number of rotatable bonds is 6. The lowest BCUT2D eigenvalue weighted by Gasteiger charge is -2.16. The molecule has 2 N–H and O–H groups in total. The Kier molecular flexibility index (Phi) is 9.47. The predicted octanol–water partition coefficient (Wildman–Crippen LogP) is 3.14. The van der Waals surface area contributed by atoms with Crippen LogP contribution >= 0.6 is 24.0 Å². The van der Waals surface area contributed by atoms with Crippen LogP contribution in [-0.2, 0) is 4.74 Å². The largest absolute Gasteiger partial charge is 0.376 e. The van der Waals surface area contributed by atoms with E-state index in [1.165, 1.54) is 12.0 Å². The van der Waals surface area contributed by atoms with Crippen molar-refractivity contribution in [2.24, 2.45) is 4.99 Å². The Morgan fingerprint density at radius 1 is 1.32 bits per heavy atom. The first kappa shape index (κ1) is 19.2. The molecular weight excluding hydrogens is 389 g/mol. The fourth-order valence-electron chi connectivity index (χ4n) is 2.47. The lowest BCUT2D eigenvalue weighted by Crippen LogP contribution is -2.41. The van der Waals surface area contributed by atoms with Crippen molar-refractivity contribution in [1.29, 1.82) is 0 Å². The highest BCUT2D eigenvalue weighted by molar-refractivity contribution is 14.0. The monoisotopic (exact) mass is 417 g/mol. The molecule has 0 spiro atoms. The summed E-state index contributed by atoms with van der Waals surface area (Å²) >= 11 is 0. The van der Waals surface area contributed by atoms with E-state index in [-0.39, 0.29) is 24.0 Å². The molecule has 1 aromatic carbocycles. The highest BCUT2D eigenvalue weighted by Crippen LogP contribution is 2.14. The molecule has 22 heavy (non-hydrogen) atoms. The van der Waals surface area contributed by atoms with Gasteiger partial charge in [0.15, 0.2) is 5.96 Å². The zero-order chi connectivity index (χ0) is 14.9. The predicted molar refractivity (Wildman–Crippen MR) is 103 cm³/mol. The number of benzene rings is 1. The van der Waals surface area contributed by atoms with E-state index in [0.29, 0.717) is 12.0 Å². The van der Waals surface area contributed by atoms with Gasteiger partial charge in [0, 0.05) is 32.2 Å². The molecule has 1 heterocycles. The minimum atomic E-state index is 0. The molecule has 0 radical (unpaired) electrons. The molecule has 124 valence electrons. The van der Waals surface area contributed by atoms with Gasteiger partial charge < -0.3 is 15.4 Å². The fourth-order valence-corrected chi connectivity index (χ4v) is 2.47. The Morgan fingerprint density at radius 2 is 2.09 bits per heavy atom. The summed E-state index contributed by atoms with van der Waals surface area (Å²) in [5.41, 5.74) is 1.33. The first-order chi connectivity index (χ1) is 10.3. The number of nitrogens with zero attached hydrogens (tertiary/aromatic N) is 1. The van der Waals surface area contributed by atoms with E-state index in [4.69, 9.17) is 4.74 Å². The maximum Gasteiger partial charge on any atom is 0.191 e. The molecule has 2 unspecified atom stereocenters. The van der Waals surface area contributed by atoms with Gasteiger partial charge in [-0.15, -0.1) is 24.0 Å². The van der Waals surface area contributed by atoms with Gasteiger partial charge in [0.2, 0.25) is 0 Å². The summed E-state index contributed by atoms with van der Waals surface area (Å²) < 4.78 is 5.63. The normalized spacial score (nSPS) is 19.4. The van der Waals surface area contributed by atoms with Crippen molar-refractivity contribution in [1.82, 2.24) is 10.6 Å². The number of ether oxygens (including phenoxy) is 1.